The molecule has 0 aliphatic carbocycles. The molecule has 0 aliphatic rings. The van der Waals surface area contributed by atoms with E-state index in [-0.39, 0.29) is 0 Å². The molecule has 0 radical (unpaired) electrons. The van der Waals surface area contributed by atoms with E-state index in [0.717, 1.165) is 22.3 Å². The maximum absolute atomic E-state index is 5.92. The van der Waals surface area contributed by atoms with Gasteiger partial charge in [-0.1, -0.05) is 29.4 Å². The van der Waals surface area contributed by atoms with Crippen LogP contribution in [0.25, 0.3) is 5.65 Å². The molecule has 3 aromatic heterocycles. The van der Waals surface area contributed by atoms with Gasteiger partial charge >= 0.3 is 0 Å². The van der Waals surface area contributed by atoms with E-state index >= 15 is 0 Å². The summed E-state index contributed by atoms with van der Waals surface area (Å²) in [6, 6.07) is 9.45. The van der Waals surface area contributed by atoms with Gasteiger partial charge in [0.15, 0.2) is 10.8 Å². The van der Waals surface area contributed by atoms with E-state index in [1.165, 1.54) is 0 Å². The van der Waals surface area contributed by atoms with Crippen molar-refractivity contribution in [2.45, 2.75) is 10.9 Å². The monoisotopic (exact) mass is 276 g/mol. The molecule has 4 nitrogen and oxygen atoms in total. The van der Waals surface area contributed by atoms with Crippen molar-refractivity contribution in [3.05, 3.63) is 53.4 Å². The molecule has 0 aliphatic heterocycles. The minimum atomic E-state index is 0.701. The van der Waals surface area contributed by atoms with Gasteiger partial charge in [-0.3, -0.25) is 9.38 Å². The molecule has 0 spiro atoms. The summed E-state index contributed by atoms with van der Waals surface area (Å²) in [4.78, 5) is 4.26. The van der Waals surface area contributed by atoms with Crippen LogP contribution >= 0.6 is 23.4 Å². The first kappa shape index (κ1) is 11.5. The van der Waals surface area contributed by atoms with E-state index in [0.29, 0.717) is 5.02 Å². The number of fused-ring (bicyclic) bond motifs is 1. The number of aromatic nitrogens is 4. The Kier molecular flexibility index (Phi) is 3.17. The van der Waals surface area contributed by atoms with Crippen molar-refractivity contribution >= 4 is 29.0 Å². The molecule has 0 aromatic carbocycles. The lowest BCUT2D eigenvalue weighted by Crippen LogP contribution is -1.89. The van der Waals surface area contributed by atoms with E-state index in [2.05, 4.69) is 15.2 Å². The Bertz CT molecular complexity index is 682. The summed E-state index contributed by atoms with van der Waals surface area (Å²) >= 11 is 7.50. The maximum atomic E-state index is 5.92. The summed E-state index contributed by atoms with van der Waals surface area (Å²) < 4.78 is 1.95. The van der Waals surface area contributed by atoms with Crippen LogP contribution in [0.3, 0.4) is 0 Å². The number of thioether (sulfide) groups is 1. The molecule has 0 atom stereocenters. The third-order valence-electron chi connectivity index (χ3n) is 2.41. The fourth-order valence-electron chi connectivity index (χ4n) is 1.58. The van der Waals surface area contributed by atoms with Crippen molar-refractivity contribution in [3.8, 4) is 0 Å². The first-order valence-corrected chi connectivity index (χ1v) is 6.72. The van der Waals surface area contributed by atoms with Crippen LogP contribution in [0.1, 0.15) is 5.69 Å². The topological polar surface area (TPSA) is 43.1 Å². The predicted octanol–water partition coefficient (Wildman–Crippen LogP) is 3.07. The first-order valence-electron chi connectivity index (χ1n) is 5.36. The fraction of sp³-hybridized carbons (Fsp3) is 0.0833. The van der Waals surface area contributed by atoms with Crippen LogP contribution in [-0.4, -0.2) is 19.6 Å². The van der Waals surface area contributed by atoms with E-state index in [1.807, 2.05) is 34.9 Å². The first-order chi connectivity index (χ1) is 8.83. The second-order valence-corrected chi connectivity index (χ2v) is 5.04. The third-order valence-corrected chi connectivity index (χ3v) is 3.62. The molecule has 3 aromatic rings. The van der Waals surface area contributed by atoms with Crippen molar-refractivity contribution in [1.82, 2.24) is 19.6 Å². The summed E-state index contributed by atoms with van der Waals surface area (Å²) in [6.45, 7) is 0. The Morgan fingerprint density at radius 3 is 3.06 bits per heavy atom. The third kappa shape index (κ3) is 2.32. The molecule has 0 saturated heterocycles. The minimum Gasteiger partial charge on any atom is -0.277 e. The van der Waals surface area contributed by atoms with Gasteiger partial charge in [-0.05, 0) is 24.3 Å². The fourth-order valence-corrected chi connectivity index (χ4v) is 2.59. The van der Waals surface area contributed by atoms with Gasteiger partial charge in [0.1, 0.15) is 0 Å². The smallest absolute Gasteiger partial charge is 0.195 e. The quantitative estimate of drug-likeness (QED) is 0.690. The number of hydrogen-bond acceptors (Lipinski definition) is 4. The van der Waals surface area contributed by atoms with Crippen molar-refractivity contribution in [1.29, 1.82) is 0 Å². The number of hydrogen-bond donors (Lipinski definition) is 0. The van der Waals surface area contributed by atoms with Crippen LogP contribution in [0, 0.1) is 0 Å². The normalized spacial score (nSPS) is 10.9. The van der Waals surface area contributed by atoms with Gasteiger partial charge < -0.3 is 0 Å². The molecule has 90 valence electrons. The molecule has 0 unspecified atom stereocenters. The lowest BCUT2D eigenvalue weighted by molar-refractivity contribution is 0.920. The highest BCUT2D eigenvalue weighted by atomic mass is 35.5. The highest BCUT2D eigenvalue weighted by molar-refractivity contribution is 7.98. The van der Waals surface area contributed by atoms with E-state index < -0.39 is 0 Å². The lowest BCUT2D eigenvalue weighted by atomic mass is 10.4. The summed E-state index contributed by atoms with van der Waals surface area (Å²) in [7, 11) is 0. The second kappa shape index (κ2) is 4.96. The lowest BCUT2D eigenvalue weighted by Gasteiger charge is -2.00. The Morgan fingerprint density at radius 1 is 1.22 bits per heavy atom. The Balaban J connectivity index is 1.81. The SMILES string of the molecule is Clc1ccnc(CSc2nnc3ccccn23)c1. The maximum Gasteiger partial charge on any atom is 0.195 e. The highest BCUT2D eigenvalue weighted by Gasteiger charge is 2.06. The van der Waals surface area contributed by atoms with Gasteiger partial charge in [0.25, 0.3) is 0 Å². The molecule has 18 heavy (non-hydrogen) atoms. The number of rotatable bonds is 3. The number of nitrogens with zero attached hydrogens (tertiary/aromatic N) is 4. The van der Waals surface area contributed by atoms with Crippen LogP contribution in [0.4, 0.5) is 0 Å². The van der Waals surface area contributed by atoms with Crippen molar-refractivity contribution in [2.24, 2.45) is 0 Å². The Hall–Kier alpha value is -1.59. The molecule has 0 amide bonds. The van der Waals surface area contributed by atoms with Crippen LogP contribution in [0.5, 0.6) is 0 Å². The zero-order valence-corrected chi connectivity index (χ0v) is 10.9. The molecular formula is C12H9ClN4S. The molecular weight excluding hydrogens is 268 g/mol. The molecule has 0 N–H and O–H groups in total. The zero-order valence-electron chi connectivity index (χ0n) is 9.32. The van der Waals surface area contributed by atoms with E-state index in [9.17, 15) is 0 Å². The molecule has 0 bridgehead atoms. The van der Waals surface area contributed by atoms with Crippen LogP contribution < -0.4 is 0 Å². The van der Waals surface area contributed by atoms with Gasteiger partial charge in [-0.2, -0.15) is 0 Å². The summed E-state index contributed by atoms with van der Waals surface area (Å²) in [6.07, 6.45) is 3.66. The van der Waals surface area contributed by atoms with Gasteiger partial charge in [0.2, 0.25) is 0 Å². The van der Waals surface area contributed by atoms with Crippen molar-refractivity contribution in [3.63, 3.8) is 0 Å². The molecule has 0 fully saturated rings. The predicted molar refractivity (Wildman–Crippen MR) is 71.8 cm³/mol. The van der Waals surface area contributed by atoms with Crippen LogP contribution in [-0.2, 0) is 5.75 Å². The Morgan fingerprint density at radius 2 is 2.17 bits per heavy atom. The summed E-state index contributed by atoms with van der Waals surface area (Å²) in [5.74, 6) is 0.718. The number of pyridine rings is 2. The zero-order chi connectivity index (χ0) is 12.4. The second-order valence-electron chi connectivity index (χ2n) is 3.67. The average molecular weight is 277 g/mol. The summed E-state index contributed by atoms with van der Waals surface area (Å²) in [5, 5.41) is 9.80. The van der Waals surface area contributed by atoms with Gasteiger partial charge in [-0.15, -0.1) is 10.2 Å². The van der Waals surface area contributed by atoms with Crippen molar-refractivity contribution < 1.29 is 0 Å². The van der Waals surface area contributed by atoms with Gasteiger partial charge in [0, 0.05) is 23.2 Å². The van der Waals surface area contributed by atoms with Gasteiger partial charge in [-0.25, -0.2) is 0 Å². The van der Waals surface area contributed by atoms with E-state index in [4.69, 9.17) is 11.6 Å². The molecule has 3 rings (SSSR count). The minimum absolute atomic E-state index is 0.701. The average Bonchev–Trinajstić information content (AvgIpc) is 2.80. The van der Waals surface area contributed by atoms with Gasteiger partial charge in [0.05, 0.1) is 5.69 Å². The molecule has 0 saturated carbocycles. The van der Waals surface area contributed by atoms with Crippen LogP contribution in [0.2, 0.25) is 5.02 Å². The summed E-state index contributed by atoms with van der Waals surface area (Å²) in [5.41, 5.74) is 1.78. The largest absolute Gasteiger partial charge is 0.277 e. The molecule has 3 heterocycles. The van der Waals surface area contributed by atoms with E-state index in [1.54, 1.807) is 24.0 Å². The van der Waals surface area contributed by atoms with Crippen LogP contribution in [0.15, 0.2) is 47.9 Å². The highest BCUT2D eigenvalue weighted by Crippen LogP contribution is 2.21. The number of halogens is 1. The molecule has 6 heteroatoms. The Labute approximate surface area is 113 Å². The van der Waals surface area contributed by atoms with Crippen molar-refractivity contribution in [2.75, 3.05) is 0 Å². The standard InChI is InChI=1S/C12H9ClN4S/c13-9-4-5-14-10(7-9)8-18-12-16-15-11-3-1-2-6-17(11)12/h1-7H,8H2.